The Balaban J connectivity index is 2.23. The van der Waals surface area contributed by atoms with E-state index in [9.17, 15) is 4.39 Å². The van der Waals surface area contributed by atoms with Crippen molar-refractivity contribution in [3.8, 4) is 11.4 Å². The number of aromatic nitrogens is 2. The third-order valence-electron chi connectivity index (χ3n) is 3.07. The zero-order chi connectivity index (χ0) is 13.8. The largest absolute Gasteiger partial charge is 0.331 e. The molecule has 0 saturated heterocycles. The molecule has 0 fully saturated rings. The fourth-order valence-corrected chi connectivity index (χ4v) is 1.97. The van der Waals surface area contributed by atoms with Crippen molar-refractivity contribution in [2.24, 2.45) is 0 Å². The van der Waals surface area contributed by atoms with Gasteiger partial charge in [-0.3, -0.25) is 0 Å². The van der Waals surface area contributed by atoms with Crippen LogP contribution in [0.15, 0.2) is 30.6 Å². The molecule has 0 aliphatic rings. The summed E-state index contributed by atoms with van der Waals surface area (Å²) in [6.07, 6.45) is 3.65. The van der Waals surface area contributed by atoms with Crippen molar-refractivity contribution in [1.82, 2.24) is 14.9 Å². The normalized spacial score (nSPS) is 11.2. The summed E-state index contributed by atoms with van der Waals surface area (Å²) in [5.41, 5.74) is 1.50. The average molecular weight is 261 g/mol. The number of aryl methyl sites for hydroxylation is 1. The molecule has 1 aromatic carbocycles. The van der Waals surface area contributed by atoms with Crippen LogP contribution in [0.3, 0.4) is 0 Å². The van der Waals surface area contributed by atoms with Crippen LogP contribution >= 0.6 is 0 Å². The second-order valence-electron chi connectivity index (χ2n) is 4.88. The summed E-state index contributed by atoms with van der Waals surface area (Å²) in [7, 11) is 0. The van der Waals surface area contributed by atoms with Crippen LogP contribution in [0.2, 0.25) is 0 Å². The smallest absolute Gasteiger partial charge is 0.139 e. The summed E-state index contributed by atoms with van der Waals surface area (Å²) in [5, 5.41) is 3.22. The van der Waals surface area contributed by atoms with Gasteiger partial charge in [0, 0.05) is 42.7 Å². The molecule has 102 valence electrons. The van der Waals surface area contributed by atoms with Gasteiger partial charge < -0.3 is 9.88 Å². The molecule has 0 radical (unpaired) electrons. The van der Waals surface area contributed by atoms with Gasteiger partial charge in [-0.15, -0.1) is 0 Å². The van der Waals surface area contributed by atoms with Crippen LogP contribution in [0.5, 0.6) is 0 Å². The summed E-state index contributed by atoms with van der Waals surface area (Å²) in [5.74, 6) is 0.626. The van der Waals surface area contributed by atoms with Crippen LogP contribution in [0, 0.1) is 5.82 Å². The summed E-state index contributed by atoms with van der Waals surface area (Å²) < 4.78 is 16.1. The number of halogens is 1. The van der Waals surface area contributed by atoms with Crippen LogP contribution in [0.1, 0.15) is 26.3 Å². The van der Waals surface area contributed by atoms with Gasteiger partial charge in [0.1, 0.15) is 11.6 Å². The highest BCUT2D eigenvalue weighted by Gasteiger charge is 2.09. The molecule has 1 N–H and O–H groups in total. The van der Waals surface area contributed by atoms with E-state index in [1.165, 1.54) is 0 Å². The lowest BCUT2D eigenvalue weighted by atomic mass is 10.1. The Bertz CT molecular complexity index is 546. The maximum absolute atomic E-state index is 14.1. The first-order chi connectivity index (χ1) is 9.11. The van der Waals surface area contributed by atoms with Crippen LogP contribution in [-0.2, 0) is 13.1 Å². The van der Waals surface area contributed by atoms with E-state index in [-0.39, 0.29) is 5.82 Å². The van der Waals surface area contributed by atoms with Gasteiger partial charge in [0.05, 0.1) is 0 Å². The minimum atomic E-state index is -0.184. The Morgan fingerprint density at radius 1 is 1.37 bits per heavy atom. The van der Waals surface area contributed by atoms with E-state index < -0.39 is 0 Å². The minimum Gasteiger partial charge on any atom is -0.331 e. The van der Waals surface area contributed by atoms with E-state index in [1.807, 2.05) is 43.7 Å². The predicted octanol–water partition coefficient (Wildman–Crippen LogP) is 3.21. The van der Waals surface area contributed by atoms with E-state index in [1.54, 1.807) is 12.3 Å². The average Bonchev–Trinajstić information content (AvgIpc) is 2.85. The summed E-state index contributed by atoms with van der Waals surface area (Å²) >= 11 is 0. The Morgan fingerprint density at radius 3 is 2.79 bits per heavy atom. The van der Waals surface area contributed by atoms with Crippen molar-refractivity contribution < 1.29 is 4.39 Å². The molecule has 0 aliphatic carbocycles. The molecule has 0 bridgehead atoms. The zero-order valence-electron chi connectivity index (χ0n) is 11.7. The highest BCUT2D eigenvalue weighted by molar-refractivity contribution is 5.56. The monoisotopic (exact) mass is 261 g/mol. The van der Waals surface area contributed by atoms with Crippen molar-refractivity contribution in [2.75, 3.05) is 0 Å². The molecule has 0 aliphatic heterocycles. The fourth-order valence-electron chi connectivity index (χ4n) is 1.97. The van der Waals surface area contributed by atoms with Gasteiger partial charge in [-0.05, 0) is 13.0 Å². The molecule has 0 atom stereocenters. The van der Waals surface area contributed by atoms with Gasteiger partial charge in [-0.1, -0.05) is 26.0 Å². The minimum absolute atomic E-state index is 0.184. The molecular formula is C15H20FN3. The van der Waals surface area contributed by atoms with Gasteiger partial charge in [0.2, 0.25) is 0 Å². The third kappa shape index (κ3) is 3.20. The topological polar surface area (TPSA) is 29.9 Å². The van der Waals surface area contributed by atoms with E-state index in [2.05, 4.69) is 10.3 Å². The lowest BCUT2D eigenvalue weighted by Crippen LogP contribution is -2.22. The van der Waals surface area contributed by atoms with Gasteiger partial charge in [-0.2, -0.15) is 0 Å². The number of hydrogen-bond donors (Lipinski definition) is 1. The molecule has 3 nitrogen and oxygen atoms in total. The highest BCUT2D eigenvalue weighted by atomic mass is 19.1. The summed E-state index contributed by atoms with van der Waals surface area (Å²) in [6.45, 7) is 7.51. The van der Waals surface area contributed by atoms with Crippen LogP contribution in [0.4, 0.5) is 4.39 Å². The predicted molar refractivity (Wildman–Crippen MR) is 75.3 cm³/mol. The third-order valence-corrected chi connectivity index (χ3v) is 3.07. The SMILES string of the molecule is CCn1ccnc1-c1ccc(CNC(C)C)c(F)c1. The van der Waals surface area contributed by atoms with Gasteiger partial charge >= 0.3 is 0 Å². The standard InChI is InChI=1S/C15H20FN3/c1-4-19-8-7-17-15(19)12-5-6-13(14(16)9-12)10-18-11(2)3/h5-9,11,18H,4,10H2,1-3H3. The molecule has 4 heteroatoms. The summed E-state index contributed by atoms with van der Waals surface area (Å²) in [4.78, 5) is 4.28. The molecule has 1 aromatic heterocycles. The van der Waals surface area contributed by atoms with Gasteiger partial charge in [0.15, 0.2) is 0 Å². The number of hydrogen-bond acceptors (Lipinski definition) is 2. The molecule has 0 amide bonds. The summed E-state index contributed by atoms with van der Waals surface area (Å²) in [6, 6.07) is 5.66. The van der Waals surface area contributed by atoms with Crippen LogP contribution in [-0.4, -0.2) is 15.6 Å². The molecule has 2 rings (SSSR count). The van der Waals surface area contributed by atoms with Gasteiger partial charge in [-0.25, -0.2) is 9.37 Å². The van der Waals surface area contributed by atoms with E-state index in [0.717, 1.165) is 17.9 Å². The van der Waals surface area contributed by atoms with Crippen LogP contribution < -0.4 is 5.32 Å². The number of nitrogens with zero attached hydrogens (tertiary/aromatic N) is 2. The van der Waals surface area contributed by atoms with E-state index in [0.29, 0.717) is 18.2 Å². The number of imidazole rings is 1. The molecule has 1 heterocycles. The van der Waals surface area contributed by atoms with E-state index in [4.69, 9.17) is 0 Å². The highest BCUT2D eigenvalue weighted by Crippen LogP contribution is 2.20. The Morgan fingerprint density at radius 2 is 2.16 bits per heavy atom. The number of benzene rings is 1. The number of nitrogens with one attached hydrogen (secondary N) is 1. The Kier molecular flexibility index (Phi) is 4.32. The number of rotatable bonds is 5. The zero-order valence-corrected chi connectivity index (χ0v) is 11.7. The molecular weight excluding hydrogens is 241 g/mol. The first-order valence-corrected chi connectivity index (χ1v) is 6.65. The second-order valence-corrected chi connectivity index (χ2v) is 4.88. The first-order valence-electron chi connectivity index (χ1n) is 6.65. The quantitative estimate of drug-likeness (QED) is 0.895. The van der Waals surface area contributed by atoms with Gasteiger partial charge in [0.25, 0.3) is 0 Å². The molecule has 0 saturated carbocycles. The first kappa shape index (κ1) is 13.7. The molecule has 2 aromatic rings. The maximum atomic E-state index is 14.1. The Labute approximate surface area is 113 Å². The fraction of sp³-hybridized carbons (Fsp3) is 0.400. The van der Waals surface area contributed by atoms with Crippen LogP contribution in [0.25, 0.3) is 11.4 Å². The lowest BCUT2D eigenvalue weighted by molar-refractivity contribution is 0.553. The Hall–Kier alpha value is -1.68. The molecule has 19 heavy (non-hydrogen) atoms. The maximum Gasteiger partial charge on any atom is 0.139 e. The second kappa shape index (κ2) is 5.97. The van der Waals surface area contributed by atoms with Crippen molar-refractivity contribution in [1.29, 1.82) is 0 Å². The van der Waals surface area contributed by atoms with Crippen molar-refractivity contribution >= 4 is 0 Å². The van der Waals surface area contributed by atoms with Crippen molar-refractivity contribution in [2.45, 2.75) is 39.9 Å². The van der Waals surface area contributed by atoms with Crippen molar-refractivity contribution in [3.05, 3.63) is 42.0 Å². The van der Waals surface area contributed by atoms with Crippen molar-refractivity contribution in [3.63, 3.8) is 0 Å². The molecule has 0 spiro atoms. The lowest BCUT2D eigenvalue weighted by Gasteiger charge is -2.10. The molecule has 0 unspecified atom stereocenters. The van der Waals surface area contributed by atoms with E-state index >= 15 is 0 Å².